The highest BCUT2D eigenvalue weighted by molar-refractivity contribution is 5.85. The summed E-state index contributed by atoms with van der Waals surface area (Å²) in [7, 11) is 0. The second-order valence-electron chi connectivity index (χ2n) is 4.07. The Bertz CT molecular complexity index is 424. The smallest absolute Gasteiger partial charge is 0.239 e. The van der Waals surface area contributed by atoms with Crippen molar-refractivity contribution in [2.75, 3.05) is 19.6 Å². The molecule has 0 aliphatic heterocycles. The molecule has 0 unspecified atom stereocenters. The molecule has 4 N–H and O–H groups in total. The Morgan fingerprint density at radius 2 is 1.95 bits per heavy atom. The molecule has 0 saturated carbocycles. The van der Waals surface area contributed by atoms with E-state index < -0.39 is 0 Å². The maximum Gasteiger partial charge on any atom is 0.239 e. The van der Waals surface area contributed by atoms with Crippen LogP contribution in [0.1, 0.15) is 11.1 Å². The first-order valence-corrected chi connectivity index (χ1v) is 5.91. The monoisotopic (exact) mass is 285 g/mol. The van der Waals surface area contributed by atoms with Gasteiger partial charge in [0.2, 0.25) is 11.8 Å². The van der Waals surface area contributed by atoms with E-state index in [4.69, 9.17) is 5.73 Å². The van der Waals surface area contributed by atoms with Gasteiger partial charge in [-0.05, 0) is 18.9 Å². The second-order valence-corrected chi connectivity index (χ2v) is 4.07. The quantitative estimate of drug-likeness (QED) is 0.696. The van der Waals surface area contributed by atoms with E-state index in [2.05, 4.69) is 16.7 Å². The van der Waals surface area contributed by atoms with E-state index in [0.717, 1.165) is 6.42 Å². The fourth-order valence-corrected chi connectivity index (χ4v) is 1.53. The van der Waals surface area contributed by atoms with Gasteiger partial charge in [0.25, 0.3) is 0 Å². The van der Waals surface area contributed by atoms with E-state index in [1.165, 1.54) is 11.1 Å². The average molecular weight is 286 g/mol. The zero-order chi connectivity index (χ0) is 13.4. The molecular weight excluding hydrogens is 266 g/mol. The fraction of sp³-hybridized carbons (Fsp3) is 0.385. The molecule has 19 heavy (non-hydrogen) atoms. The van der Waals surface area contributed by atoms with Crippen molar-refractivity contribution in [1.82, 2.24) is 10.6 Å². The third-order valence-electron chi connectivity index (χ3n) is 2.45. The molecule has 1 aromatic carbocycles. The van der Waals surface area contributed by atoms with Crippen LogP contribution in [0.4, 0.5) is 0 Å². The maximum atomic E-state index is 11.4. The van der Waals surface area contributed by atoms with E-state index in [1.54, 1.807) is 0 Å². The number of halogens is 1. The summed E-state index contributed by atoms with van der Waals surface area (Å²) in [5, 5.41) is 5.15. The molecule has 0 aromatic heterocycles. The van der Waals surface area contributed by atoms with Crippen LogP contribution in [0.25, 0.3) is 0 Å². The van der Waals surface area contributed by atoms with Gasteiger partial charge < -0.3 is 16.4 Å². The van der Waals surface area contributed by atoms with Gasteiger partial charge in [-0.15, -0.1) is 12.4 Å². The molecule has 0 heterocycles. The van der Waals surface area contributed by atoms with Gasteiger partial charge in [-0.25, -0.2) is 0 Å². The van der Waals surface area contributed by atoms with Crippen LogP contribution in [0, 0.1) is 6.92 Å². The van der Waals surface area contributed by atoms with E-state index in [-0.39, 0.29) is 37.3 Å². The Morgan fingerprint density at radius 3 is 2.58 bits per heavy atom. The number of nitrogens with one attached hydrogen (secondary N) is 2. The minimum absolute atomic E-state index is 0. The molecule has 2 amide bonds. The lowest BCUT2D eigenvalue weighted by atomic mass is 10.1. The molecule has 106 valence electrons. The lowest BCUT2D eigenvalue weighted by molar-refractivity contribution is -0.125. The maximum absolute atomic E-state index is 11.4. The molecule has 0 fully saturated rings. The molecule has 0 atom stereocenters. The van der Waals surface area contributed by atoms with Gasteiger partial charge in [-0.3, -0.25) is 9.59 Å². The first-order valence-electron chi connectivity index (χ1n) is 5.91. The summed E-state index contributed by atoms with van der Waals surface area (Å²) in [4.78, 5) is 22.2. The summed E-state index contributed by atoms with van der Waals surface area (Å²) in [5.74, 6) is -0.534. The molecule has 0 aliphatic carbocycles. The van der Waals surface area contributed by atoms with Crippen molar-refractivity contribution in [3.05, 3.63) is 35.4 Å². The first kappa shape index (κ1) is 17.4. The highest BCUT2D eigenvalue weighted by Gasteiger charge is 2.03. The molecule has 5 nitrogen and oxygen atoms in total. The SMILES string of the molecule is Cc1cccc(CCNC(=O)CNC(=O)CN)c1.Cl. The average Bonchev–Trinajstić information content (AvgIpc) is 2.36. The summed E-state index contributed by atoms with van der Waals surface area (Å²) >= 11 is 0. The normalized spacial score (nSPS) is 9.37. The molecule has 1 aromatic rings. The Labute approximate surface area is 119 Å². The number of hydrogen-bond acceptors (Lipinski definition) is 3. The Hall–Kier alpha value is -1.59. The van der Waals surface area contributed by atoms with E-state index in [9.17, 15) is 9.59 Å². The Kier molecular flexibility index (Phi) is 8.57. The lowest BCUT2D eigenvalue weighted by Crippen LogP contribution is -2.40. The predicted molar refractivity (Wildman–Crippen MR) is 77.2 cm³/mol. The number of carbonyl (C=O) groups is 2. The van der Waals surface area contributed by atoms with Crippen molar-refractivity contribution in [3.63, 3.8) is 0 Å². The van der Waals surface area contributed by atoms with Gasteiger partial charge in [0, 0.05) is 6.54 Å². The molecule has 0 radical (unpaired) electrons. The molecule has 6 heteroatoms. The molecule has 0 spiro atoms. The summed E-state index contributed by atoms with van der Waals surface area (Å²) in [6.07, 6.45) is 0.776. The standard InChI is InChI=1S/C13H19N3O2.ClH/c1-10-3-2-4-11(7-10)5-6-15-13(18)9-16-12(17)8-14;/h2-4,7H,5-6,8-9,14H2,1H3,(H,15,18)(H,16,17);1H. The van der Waals surface area contributed by atoms with Crippen LogP contribution in [-0.2, 0) is 16.0 Å². The van der Waals surface area contributed by atoms with Crippen molar-refractivity contribution in [3.8, 4) is 0 Å². The fourth-order valence-electron chi connectivity index (χ4n) is 1.53. The highest BCUT2D eigenvalue weighted by Crippen LogP contribution is 2.03. The molecule has 1 rings (SSSR count). The van der Waals surface area contributed by atoms with Gasteiger partial charge in [0.05, 0.1) is 13.1 Å². The summed E-state index contributed by atoms with van der Waals surface area (Å²) in [6, 6.07) is 8.14. The van der Waals surface area contributed by atoms with Crippen molar-refractivity contribution in [1.29, 1.82) is 0 Å². The predicted octanol–water partition coefficient (Wildman–Crippen LogP) is 0.150. The van der Waals surface area contributed by atoms with E-state index in [1.807, 2.05) is 25.1 Å². The van der Waals surface area contributed by atoms with Gasteiger partial charge in [0.1, 0.15) is 0 Å². The second kappa shape index (κ2) is 9.35. The van der Waals surface area contributed by atoms with Gasteiger partial charge in [-0.2, -0.15) is 0 Å². The van der Waals surface area contributed by atoms with Crippen LogP contribution in [0.5, 0.6) is 0 Å². The minimum Gasteiger partial charge on any atom is -0.354 e. The van der Waals surface area contributed by atoms with Crippen molar-refractivity contribution in [2.24, 2.45) is 5.73 Å². The summed E-state index contributed by atoms with van der Waals surface area (Å²) < 4.78 is 0. The molecule has 0 bridgehead atoms. The van der Waals surface area contributed by atoms with Gasteiger partial charge in [0.15, 0.2) is 0 Å². The van der Waals surface area contributed by atoms with Crippen LogP contribution in [-0.4, -0.2) is 31.4 Å². The number of carbonyl (C=O) groups excluding carboxylic acids is 2. The molecule has 0 saturated heterocycles. The number of amides is 2. The third kappa shape index (κ3) is 7.43. The van der Waals surface area contributed by atoms with Crippen molar-refractivity contribution < 1.29 is 9.59 Å². The van der Waals surface area contributed by atoms with E-state index in [0.29, 0.717) is 6.54 Å². The number of rotatable bonds is 6. The van der Waals surface area contributed by atoms with Crippen molar-refractivity contribution >= 4 is 24.2 Å². The van der Waals surface area contributed by atoms with Crippen LogP contribution in [0.15, 0.2) is 24.3 Å². The lowest BCUT2D eigenvalue weighted by Gasteiger charge is -2.06. The van der Waals surface area contributed by atoms with Crippen molar-refractivity contribution in [2.45, 2.75) is 13.3 Å². The number of benzene rings is 1. The number of nitrogens with two attached hydrogens (primary N) is 1. The largest absolute Gasteiger partial charge is 0.354 e. The zero-order valence-electron chi connectivity index (χ0n) is 10.9. The third-order valence-corrected chi connectivity index (χ3v) is 2.45. The zero-order valence-corrected chi connectivity index (χ0v) is 11.8. The summed E-state index contributed by atoms with van der Waals surface area (Å²) in [6.45, 7) is 2.46. The minimum atomic E-state index is -0.330. The Morgan fingerprint density at radius 1 is 1.21 bits per heavy atom. The molecule has 0 aliphatic rings. The van der Waals surface area contributed by atoms with Gasteiger partial charge in [-0.1, -0.05) is 29.8 Å². The van der Waals surface area contributed by atoms with Crippen LogP contribution in [0.2, 0.25) is 0 Å². The number of hydrogen-bond donors (Lipinski definition) is 3. The van der Waals surface area contributed by atoms with Crippen LogP contribution >= 0.6 is 12.4 Å². The first-order chi connectivity index (χ1) is 8.61. The number of aryl methyl sites for hydroxylation is 1. The topological polar surface area (TPSA) is 84.2 Å². The van der Waals surface area contributed by atoms with Crippen LogP contribution in [0.3, 0.4) is 0 Å². The molecular formula is C13H20ClN3O2. The van der Waals surface area contributed by atoms with Gasteiger partial charge >= 0.3 is 0 Å². The highest BCUT2D eigenvalue weighted by atomic mass is 35.5. The summed E-state index contributed by atoms with van der Waals surface area (Å²) in [5.41, 5.74) is 7.49. The van der Waals surface area contributed by atoms with E-state index >= 15 is 0 Å². The Balaban J connectivity index is 0.00000324. The van der Waals surface area contributed by atoms with Crippen LogP contribution < -0.4 is 16.4 Å².